The molecular formula is C24H18FNO3. The third-order valence-corrected chi connectivity index (χ3v) is 4.12. The van der Waals surface area contributed by atoms with Gasteiger partial charge in [0.05, 0.1) is 0 Å². The maximum absolute atomic E-state index is 14.4. The van der Waals surface area contributed by atoms with Gasteiger partial charge in [0.25, 0.3) is 0 Å². The molecule has 0 amide bonds. The molecule has 0 fully saturated rings. The van der Waals surface area contributed by atoms with E-state index in [0.717, 1.165) is 17.2 Å². The summed E-state index contributed by atoms with van der Waals surface area (Å²) < 4.78 is 24.6. The first-order valence-electron chi connectivity index (χ1n) is 8.73. The summed E-state index contributed by atoms with van der Waals surface area (Å²) in [4.78, 5) is 11.2. The van der Waals surface area contributed by atoms with Crippen molar-refractivity contribution in [3.8, 4) is 33.8 Å². The number of benzene rings is 3. The van der Waals surface area contributed by atoms with Crippen molar-refractivity contribution < 1.29 is 18.7 Å². The van der Waals surface area contributed by atoms with Gasteiger partial charge in [-0.1, -0.05) is 49.6 Å². The van der Waals surface area contributed by atoms with Crippen molar-refractivity contribution in [1.29, 1.82) is 5.41 Å². The zero-order valence-electron chi connectivity index (χ0n) is 15.5. The Balaban J connectivity index is 1.78. The minimum absolute atomic E-state index is 0.0191. The molecule has 0 aliphatic heterocycles. The second-order valence-electron chi connectivity index (χ2n) is 6.04. The molecule has 0 aromatic heterocycles. The van der Waals surface area contributed by atoms with Gasteiger partial charge in [-0.15, -0.1) is 0 Å². The summed E-state index contributed by atoms with van der Waals surface area (Å²) in [6.07, 6.45) is 2.34. The van der Waals surface area contributed by atoms with Gasteiger partial charge in [0.1, 0.15) is 17.3 Å². The number of nitrogens with one attached hydrogen (secondary N) is 1. The molecule has 144 valence electrons. The van der Waals surface area contributed by atoms with Crippen LogP contribution in [-0.2, 0) is 4.79 Å². The van der Waals surface area contributed by atoms with Crippen molar-refractivity contribution in [3.63, 3.8) is 0 Å². The van der Waals surface area contributed by atoms with E-state index in [1.54, 1.807) is 18.2 Å². The fourth-order valence-corrected chi connectivity index (χ4v) is 2.68. The SMILES string of the molecule is C=CC(=N)Oc1ccc(-c2ccc(-c3ccc(OC(=O)C=C)cc3F)cc2)cc1. The molecule has 1 N–H and O–H groups in total. The Morgan fingerprint density at radius 1 is 0.793 bits per heavy atom. The third-order valence-electron chi connectivity index (χ3n) is 4.12. The normalized spacial score (nSPS) is 10.1. The molecular weight excluding hydrogens is 369 g/mol. The Hall–Kier alpha value is -3.99. The van der Waals surface area contributed by atoms with E-state index in [9.17, 15) is 9.18 Å². The average Bonchev–Trinajstić information content (AvgIpc) is 2.74. The van der Waals surface area contributed by atoms with Gasteiger partial charge in [0, 0.05) is 17.7 Å². The van der Waals surface area contributed by atoms with Crippen LogP contribution in [0.3, 0.4) is 0 Å². The predicted octanol–water partition coefficient (Wildman–Crippen LogP) is 5.79. The lowest BCUT2D eigenvalue weighted by Gasteiger charge is -2.09. The number of ether oxygens (including phenoxy) is 2. The van der Waals surface area contributed by atoms with Crippen molar-refractivity contribution in [2.75, 3.05) is 0 Å². The molecule has 0 heterocycles. The minimum atomic E-state index is -0.640. The number of esters is 1. The Labute approximate surface area is 168 Å². The monoisotopic (exact) mass is 387 g/mol. The molecule has 0 unspecified atom stereocenters. The quantitative estimate of drug-likeness (QED) is 0.191. The van der Waals surface area contributed by atoms with E-state index in [-0.39, 0.29) is 11.6 Å². The lowest BCUT2D eigenvalue weighted by atomic mass is 10.00. The summed E-state index contributed by atoms with van der Waals surface area (Å²) in [5.41, 5.74) is 3.02. The smallest absolute Gasteiger partial charge is 0.335 e. The van der Waals surface area contributed by atoms with Gasteiger partial charge < -0.3 is 9.47 Å². The predicted molar refractivity (Wildman–Crippen MR) is 112 cm³/mol. The molecule has 0 aliphatic carbocycles. The summed E-state index contributed by atoms with van der Waals surface area (Å²) in [5.74, 6) is -0.471. The molecule has 0 atom stereocenters. The first kappa shape index (κ1) is 19.8. The van der Waals surface area contributed by atoms with Crippen molar-refractivity contribution in [2.45, 2.75) is 0 Å². The number of carbonyl (C=O) groups excluding carboxylic acids is 1. The topological polar surface area (TPSA) is 59.4 Å². The summed E-state index contributed by atoms with van der Waals surface area (Å²) in [5, 5.41) is 7.47. The van der Waals surface area contributed by atoms with Crippen molar-refractivity contribution in [2.24, 2.45) is 0 Å². The molecule has 5 heteroatoms. The number of hydrogen-bond acceptors (Lipinski definition) is 4. The van der Waals surface area contributed by atoms with E-state index < -0.39 is 11.8 Å². The summed E-state index contributed by atoms with van der Waals surface area (Å²) in [6, 6.07) is 19.0. The molecule has 0 aliphatic rings. The highest BCUT2D eigenvalue weighted by molar-refractivity contribution is 5.86. The fourth-order valence-electron chi connectivity index (χ4n) is 2.68. The second kappa shape index (κ2) is 8.80. The van der Waals surface area contributed by atoms with Crippen LogP contribution in [0.5, 0.6) is 11.5 Å². The van der Waals surface area contributed by atoms with Crippen LogP contribution in [0.2, 0.25) is 0 Å². The van der Waals surface area contributed by atoms with E-state index in [4.69, 9.17) is 14.9 Å². The average molecular weight is 387 g/mol. The molecule has 0 saturated heterocycles. The van der Waals surface area contributed by atoms with Gasteiger partial charge >= 0.3 is 5.97 Å². The van der Waals surface area contributed by atoms with Gasteiger partial charge in [0.2, 0.25) is 5.90 Å². The maximum atomic E-state index is 14.4. The zero-order valence-corrected chi connectivity index (χ0v) is 15.5. The first-order valence-corrected chi connectivity index (χ1v) is 8.73. The van der Waals surface area contributed by atoms with Crippen molar-refractivity contribution in [3.05, 3.63) is 97.9 Å². The zero-order chi connectivity index (χ0) is 20.8. The molecule has 0 spiro atoms. The molecule has 0 radical (unpaired) electrons. The van der Waals surface area contributed by atoms with Crippen molar-refractivity contribution in [1.82, 2.24) is 0 Å². The highest BCUT2D eigenvalue weighted by Crippen LogP contribution is 2.29. The van der Waals surface area contributed by atoms with Crippen LogP contribution in [0.4, 0.5) is 4.39 Å². The number of halogens is 1. The minimum Gasteiger partial charge on any atom is -0.440 e. The molecule has 0 bridgehead atoms. The third kappa shape index (κ3) is 4.84. The van der Waals surface area contributed by atoms with Crippen LogP contribution in [0.25, 0.3) is 22.3 Å². The lowest BCUT2D eigenvalue weighted by Crippen LogP contribution is -2.03. The molecule has 4 nitrogen and oxygen atoms in total. The Bertz CT molecular complexity index is 1070. The number of carbonyl (C=O) groups is 1. The van der Waals surface area contributed by atoms with Crippen LogP contribution in [0.15, 0.2) is 92.0 Å². The maximum Gasteiger partial charge on any atom is 0.335 e. The molecule has 3 aromatic rings. The van der Waals surface area contributed by atoms with Gasteiger partial charge in [-0.2, -0.15) is 0 Å². The van der Waals surface area contributed by atoms with Gasteiger partial charge in [0.15, 0.2) is 0 Å². The molecule has 0 saturated carbocycles. The first-order chi connectivity index (χ1) is 14.0. The van der Waals surface area contributed by atoms with Crippen LogP contribution >= 0.6 is 0 Å². The van der Waals surface area contributed by atoms with Crippen LogP contribution < -0.4 is 9.47 Å². The van der Waals surface area contributed by atoms with Gasteiger partial charge in [-0.3, -0.25) is 5.41 Å². The van der Waals surface area contributed by atoms with E-state index >= 15 is 0 Å². The highest BCUT2D eigenvalue weighted by atomic mass is 19.1. The van der Waals surface area contributed by atoms with Gasteiger partial charge in [-0.25, -0.2) is 9.18 Å². The largest absolute Gasteiger partial charge is 0.440 e. The van der Waals surface area contributed by atoms with Crippen LogP contribution in [0.1, 0.15) is 0 Å². The van der Waals surface area contributed by atoms with Crippen LogP contribution in [-0.4, -0.2) is 11.9 Å². The highest BCUT2D eigenvalue weighted by Gasteiger charge is 2.09. The van der Waals surface area contributed by atoms with E-state index in [1.165, 1.54) is 18.2 Å². The Morgan fingerprint density at radius 3 is 1.90 bits per heavy atom. The summed E-state index contributed by atoms with van der Waals surface area (Å²) in [7, 11) is 0. The van der Waals surface area contributed by atoms with Crippen molar-refractivity contribution >= 4 is 11.9 Å². The summed E-state index contributed by atoms with van der Waals surface area (Å²) in [6.45, 7) is 6.79. The molecule has 3 aromatic carbocycles. The molecule has 3 rings (SSSR count). The number of rotatable bonds is 6. The van der Waals surface area contributed by atoms with E-state index in [0.29, 0.717) is 16.9 Å². The Morgan fingerprint density at radius 2 is 1.34 bits per heavy atom. The van der Waals surface area contributed by atoms with Crippen LogP contribution in [0, 0.1) is 11.2 Å². The fraction of sp³-hybridized carbons (Fsp3) is 0. The van der Waals surface area contributed by atoms with E-state index in [1.807, 2.05) is 36.4 Å². The second-order valence-corrected chi connectivity index (χ2v) is 6.04. The van der Waals surface area contributed by atoms with E-state index in [2.05, 4.69) is 13.2 Å². The Kier molecular flexibility index (Phi) is 6.00. The lowest BCUT2D eigenvalue weighted by molar-refractivity contribution is -0.128. The van der Waals surface area contributed by atoms with Gasteiger partial charge in [-0.05, 0) is 47.0 Å². The summed E-state index contributed by atoms with van der Waals surface area (Å²) >= 11 is 0. The standard InChI is InChI=1S/C24H18FNO3/c1-3-23(26)28-19-11-9-17(10-12-19)16-5-7-18(8-6-16)21-14-13-20(15-22(21)25)29-24(27)4-2/h3-15,26H,1-2H2. The number of hydrogen-bond donors (Lipinski definition) is 1. The molecule has 29 heavy (non-hydrogen) atoms.